The summed E-state index contributed by atoms with van der Waals surface area (Å²) >= 11 is 3.18. The second-order valence-corrected chi connectivity index (χ2v) is 6.75. The number of rotatable bonds is 2. The SMILES string of the molecule is Cc1nc(-c2cccs2)sc1C(=O)N1CCCNCC1. The lowest BCUT2D eigenvalue weighted by atomic mass is 10.3. The molecule has 1 aliphatic rings. The Balaban J connectivity index is 1.84. The van der Waals surface area contributed by atoms with Crippen LogP contribution in [0.25, 0.3) is 9.88 Å². The average molecular weight is 307 g/mol. The van der Waals surface area contributed by atoms with E-state index >= 15 is 0 Å². The van der Waals surface area contributed by atoms with Crippen molar-refractivity contribution in [2.75, 3.05) is 26.2 Å². The molecule has 0 radical (unpaired) electrons. The summed E-state index contributed by atoms with van der Waals surface area (Å²) in [4.78, 5) is 21.1. The Morgan fingerprint density at radius 2 is 2.30 bits per heavy atom. The molecule has 0 unspecified atom stereocenters. The third kappa shape index (κ3) is 2.77. The standard InChI is InChI=1S/C14H17N3OS2/c1-10-12(14(18)17-7-3-5-15-6-8-17)20-13(16-10)11-4-2-9-19-11/h2,4,9,15H,3,5-8H2,1H3. The van der Waals surface area contributed by atoms with Crippen LogP contribution in [-0.4, -0.2) is 42.0 Å². The van der Waals surface area contributed by atoms with Crippen LogP contribution >= 0.6 is 22.7 Å². The Bertz CT molecular complexity index is 584. The van der Waals surface area contributed by atoms with Gasteiger partial charge in [0.25, 0.3) is 5.91 Å². The molecule has 0 bridgehead atoms. The van der Waals surface area contributed by atoms with Crippen LogP contribution in [0, 0.1) is 6.92 Å². The molecule has 3 heterocycles. The van der Waals surface area contributed by atoms with E-state index in [2.05, 4.69) is 10.3 Å². The Hall–Kier alpha value is -1.24. The lowest BCUT2D eigenvalue weighted by molar-refractivity contribution is 0.0770. The molecule has 106 valence electrons. The van der Waals surface area contributed by atoms with Crippen LogP contribution in [0.3, 0.4) is 0 Å². The average Bonchev–Trinajstić information content (AvgIpc) is 3.01. The van der Waals surface area contributed by atoms with Gasteiger partial charge in [0.2, 0.25) is 0 Å². The maximum atomic E-state index is 12.6. The minimum absolute atomic E-state index is 0.131. The van der Waals surface area contributed by atoms with E-state index in [1.54, 1.807) is 11.3 Å². The molecule has 2 aromatic rings. The predicted octanol–water partition coefficient (Wildman–Crippen LogP) is 2.62. The Morgan fingerprint density at radius 3 is 3.10 bits per heavy atom. The molecule has 20 heavy (non-hydrogen) atoms. The molecule has 4 nitrogen and oxygen atoms in total. The molecular formula is C14H17N3OS2. The number of aromatic nitrogens is 1. The van der Waals surface area contributed by atoms with Crippen molar-refractivity contribution in [2.45, 2.75) is 13.3 Å². The molecule has 3 rings (SSSR count). The van der Waals surface area contributed by atoms with Crippen molar-refractivity contribution >= 4 is 28.6 Å². The predicted molar refractivity (Wildman–Crippen MR) is 83.6 cm³/mol. The largest absolute Gasteiger partial charge is 0.337 e. The van der Waals surface area contributed by atoms with Gasteiger partial charge in [0.05, 0.1) is 10.6 Å². The molecule has 0 atom stereocenters. The van der Waals surface area contributed by atoms with Crippen LogP contribution in [0.5, 0.6) is 0 Å². The van der Waals surface area contributed by atoms with Crippen LogP contribution in [0.2, 0.25) is 0 Å². The van der Waals surface area contributed by atoms with Crippen molar-refractivity contribution in [3.05, 3.63) is 28.1 Å². The lowest BCUT2D eigenvalue weighted by Crippen LogP contribution is -2.34. The first-order chi connectivity index (χ1) is 9.75. The number of carbonyl (C=O) groups is 1. The van der Waals surface area contributed by atoms with Crippen LogP contribution in [0.15, 0.2) is 17.5 Å². The minimum Gasteiger partial charge on any atom is -0.337 e. The van der Waals surface area contributed by atoms with Crippen molar-refractivity contribution < 1.29 is 4.79 Å². The fourth-order valence-corrected chi connectivity index (χ4v) is 4.12. The first-order valence-corrected chi connectivity index (χ1v) is 8.46. The van der Waals surface area contributed by atoms with Crippen molar-refractivity contribution in [3.63, 3.8) is 0 Å². The Kier molecular flexibility index (Phi) is 4.14. The van der Waals surface area contributed by atoms with Gasteiger partial charge in [-0.05, 0) is 31.3 Å². The summed E-state index contributed by atoms with van der Waals surface area (Å²) in [6.45, 7) is 5.41. The van der Waals surface area contributed by atoms with E-state index in [1.165, 1.54) is 11.3 Å². The number of thiazole rings is 1. The summed E-state index contributed by atoms with van der Waals surface area (Å²) in [5.41, 5.74) is 0.848. The highest BCUT2D eigenvalue weighted by Gasteiger charge is 2.22. The van der Waals surface area contributed by atoms with Crippen LogP contribution in [0.1, 0.15) is 21.8 Å². The summed E-state index contributed by atoms with van der Waals surface area (Å²) in [6, 6.07) is 4.06. The first kappa shape index (κ1) is 13.7. The third-order valence-electron chi connectivity index (χ3n) is 3.35. The zero-order valence-corrected chi connectivity index (χ0v) is 13.0. The van der Waals surface area contributed by atoms with E-state index in [9.17, 15) is 4.79 Å². The minimum atomic E-state index is 0.131. The van der Waals surface area contributed by atoms with E-state index in [-0.39, 0.29) is 5.91 Å². The van der Waals surface area contributed by atoms with Crippen molar-refractivity contribution in [1.29, 1.82) is 0 Å². The monoisotopic (exact) mass is 307 g/mol. The highest BCUT2D eigenvalue weighted by atomic mass is 32.1. The molecule has 1 aliphatic heterocycles. The molecule has 6 heteroatoms. The van der Waals surface area contributed by atoms with Gasteiger partial charge < -0.3 is 10.2 Å². The van der Waals surface area contributed by atoms with Gasteiger partial charge >= 0.3 is 0 Å². The number of aryl methyl sites for hydroxylation is 1. The molecule has 1 saturated heterocycles. The number of hydrogen-bond donors (Lipinski definition) is 1. The fourth-order valence-electron chi connectivity index (χ4n) is 2.29. The van der Waals surface area contributed by atoms with Gasteiger partial charge in [-0.25, -0.2) is 4.98 Å². The van der Waals surface area contributed by atoms with E-state index < -0.39 is 0 Å². The topological polar surface area (TPSA) is 45.2 Å². The number of nitrogens with one attached hydrogen (secondary N) is 1. The second kappa shape index (κ2) is 6.03. The molecule has 0 aliphatic carbocycles. The van der Waals surface area contributed by atoms with Crippen LogP contribution in [0.4, 0.5) is 0 Å². The second-order valence-electron chi connectivity index (χ2n) is 4.81. The normalized spacial score (nSPS) is 16.1. The zero-order chi connectivity index (χ0) is 13.9. The summed E-state index contributed by atoms with van der Waals surface area (Å²) in [7, 11) is 0. The molecular weight excluding hydrogens is 290 g/mol. The molecule has 1 amide bonds. The van der Waals surface area contributed by atoms with Gasteiger partial charge in [-0.2, -0.15) is 0 Å². The summed E-state index contributed by atoms with van der Waals surface area (Å²) in [6.07, 6.45) is 1.02. The van der Waals surface area contributed by atoms with Gasteiger partial charge in [0.15, 0.2) is 0 Å². The fraction of sp³-hybridized carbons (Fsp3) is 0.429. The van der Waals surface area contributed by atoms with Gasteiger partial charge in [-0.3, -0.25) is 4.79 Å². The number of hydrogen-bond acceptors (Lipinski definition) is 5. The number of nitrogens with zero attached hydrogens (tertiary/aromatic N) is 2. The van der Waals surface area contributed by atoms with E-state index in [0.29, 0.717) is 0 Å². The summed E-state index contributed by atoms with van der Waals surface area (Å²) < 4.78 is 0. The summed E-state index contributed by atoms with van der Waals surface area (Å²) in [5.74, 6) is 0.131. The molecule has 2 aromatic heterocycles. The van der Waals surface area contributed by atoms with Gasteiger partial charge in [-0.1, -0.05) is 6.07 Å². The van der Waals surface area contributed by atoms with Crippen molar-refractivity contribution in [1.82, 2.24) is 15.2 Å². The zero-order valence-electron chi connectivity index (χ0n) is 11.4. The highest BCUT2D eigenvalue weighted by molar-refractivity contribution is 7.22. The van der Waals surface area contributed by atoms with Crippen LogP contribution < -0.4 is 5.32 Å². The molecule has 0 aromatic carbocycles. The van der Waals surface area contributed by atoms with Crippen molar-refractivity contribution in [3.8, 4) is 9.88 Å². The number of carbonyl (C=O) groups excluding carboxylic acids is 1. The molecule has 1 N–H and O–H groups in total. The maximum Gasteiger partial charge on any atom is 0.265 e. The van der Waals surface area contributed by atoms with Gasteiger partial charge in [-0.15, -0.1) is 22.7 Å². The van der Waals surface area contributed by atoms with Crippen LogP contribution in [-0.2, 0) is 0 Å². The number of amides is 1. The first-order valence-electron chi connectivity index (χ1n) is 6.77. The Morgan fingerprint density at radius 1 is 1.40 bits per heavy atom. The molecule has 0 saturated carbocycles. The number of thiophene rings is 1. The van der Waals surface area contributed by atoms with Gasteiger partial charge in [0, 0.05) is 19.6 Å². The summed E-state index contributed by atoms with van der Waals surface area (Å²) in [5, 5.41) is 6.31. The van der Waals surface area contributed by atoms with Crippen molar-refractivity contribution in [2.24, 2.45) is 0 Å². The highest BCUT2D eigenvalue weighted by Crippen LogP contribution is 2.31. The molecule has 0 spiro atoms. The molecule has 1 fully saturated rings. The third-order valence-corrected chi connectivity index (χ3v) is 5.53. The lowest BCUT2D eigenvalue weighted by Gasteiger charge is -2.19. The maximum absolute atomic E-state index is 12.6. The quantitative estimate of drug-likeness (QED) is 0.927. The Labute approximate surface area is 126 Å². The van der Waals surface area contributed by atoms with E-state index in [4.69, 9.17) is 0 Å². The smallest absolute Gasteiger partial charge is 0.265 e. The van der Waals surface area contributed by atoms with Gasteiger partial charge in [0.1, 0.15) is 9.88 Å². The van der Waals surface area contributed by atoms with E-state index in [0.717, 1.165) is 53.1 Å². The van der Waals surface area contributed by atoms with E-state index in [1.807, 2.05) is 29.3 Å².